The number of benzene rings is 10. The molecule has 0 aliphatic heterocycles. The zero-order chi connectivity index (χ0) is 43.5. The van der Waals surface area contributed by atoms with Crippen molar-refractivity contribution in [3.05, 3.63) is 204 Å². The summed E-state index contributed by atoms with van der Waals surface area (Å²) in [6.45, 7) is 8.58. The maximum Gasteiger partial charge on any atom is 0.159 e. The van der Waals surface area contributed by atoms with Crippen LogP contribution in [0.25, 0.3) is 87.4 Å². The zero-order valence-corrected chi connectivity index (χ0v) is 36.4. The maximum absolute atomic E-state index is 7.26. The van der Waals surface area contributed by atoms with Crippen LogP contribution < -0.4 is 9.80 Å². The molecule has 0 fully saturated rings. The van der Waals surface area contributed by atoms with Crippen molar-refractivity contribution in [3.63, 3.8) is 0 Å². The van der Waals surface area contributed by atoms with Gasteiger partial charge in [0.1, 0.15) is 22.3 Å². The second kappa shape index (κ2) is 14.1. The molecule has 0 amide bonds. The van der Waals surface area contributed by atoms with Gasteiger partial charge in [-0.15, -0.1) is 0 Å². The molecule has 0 saturated carbocycles. The van der Waals surface area contributed by atoms with Gasteiger partial charge >= 0.3 is 0 Å². The Morgan fingerprint density at radius 2 is 0.585 bits per heavy atom. The molecule has 5 heteroatoms. The molecule has 0 unspecified atom stereocenters. The van der Waals surface area contributed by atoms with E-state index in [2.05, 4.69) is 219 Å². The van der Waals surface area contributed by atoms with Gasteiger partial charge in [-0.25, -0.2) is 0 Å². The summed E-state index contributed by atoms with van der Waals surface area (Å²) in [5.74, 6) is 0. The van der Waals surface area contributed by atoms with Crippen LogP contribution in [0.2, 0.25) is 0 Å². The van der Waals surface area contributed by atoms with Crippen molar-refractivity contribution in [2.75, 3.05) is 9.80 Å². The highest BCUT2D eigenvalue weighted by Crippen LogP contribution is 2.52. The molecule has 3 heterocycles. The quantitative estimate of drug-likeness (QED) is 0.167. The van der Waals surface area contributed by atoms with Crippen molar-refractivity contribution >= 4 is 121 Å². The lowest BCUT2D eigenvalue weighted by Gasteiger charge is -2.28. The third-order valence-electron chi connectivity index (χ3n) is 13.5. The van der Waals surface area contributed by atoms with E-state index in [1.54, 1.807) is 0 Å². The van der Waals surface area contributed by atoms with Crippen LogP contribution >= 0.6 is 0 Å². The fraction of sp³-hybridized carbons (Fsp3) is 0.0667. The Labute approximate surface area is 374 Å². The van der Waals surface area contributed by atoms with Crippen LogP contribution in [0.15, 0.2) is 195 Å². The van der Waals surface area contributed by atoms with Crippen LogP contribution in [0.4, 0.5) is 34.1 Å². The van der Waals surface area contributed by atoms with Crippen molar-refractivity contribution in [1.29, 1.82) is 0 Å². The second-order valence-electron chi connectivity index (χ2n) is 17.4. The first kappa shape index (κ1) is 37.3. The summed E-state index contributed by atoms with van der Waals surface area (Å²) in [7, 11) is 0. The molecule has 5 nitrogen and oxygen atoms in total. The molecule has 10 aromatic carbocycles. The molecule has 0 spiro atoms. The van der Waals surface area contributed by atoms with Gasteiger partial charge in [-0.3, -0.25) is 0 Å². The summed E-state index contributed by atoms with van der Waals surface area (Å²) in [5, 5.41) is 11.0. The Hall–Kier alpha value is -8.28. The number of para-hydroxylation sites is 6. The van der Waals surface area contributed by atoms with E-state index < -0.39 is 0 Å². The molecule has 0 saturated heterocycles. The normalized spacial score (nSPS) is 12.0. The largest absolute Gasteiger partial charge is 0.456 e. The molecule has 0 atom stereocenters. The number of hydrogen-bond acceptors (Lipinski definition) is 5. The number of hydrogen-bond donors (Lipinski definition) is 0. The number of anilines is 6. The van der Waals surface area contributed by atoms with Gasteiger partial charge in [0.05, 0.1) is 22.7 Å². The predicted octanol–water partition coefficient (Wildman–Crippen LogP) is 17.9. The molecule has 0 aliphatic rings. The summed E-state index contributed by atoms with van der Waals surface area (Å²) in [6.07, 6.45) is 0. The van der Waals surface area contributed by atoms with Gasteiger partial charge < -0.3 is 23.1 Å². The predicted molar refractivity (Wildman–Crippen MR) is 272 cm³/mol. The van der Waals surface area contributed by atoms with E-state index in [9.17, 15) is 0 Å². The first-order chi connectivity index (χ1) is 31.9. The number of furan rings is 3. The van der Waals surface area contributed by atoms with Gasteiger partial charge in [-0.2, -0.15) is 0 Å². The van der Waals surface area contributed by atoms with E-state index >= 15 is 0 Å². The minimum atomic E-state index is 0.805. The van der Waals surface area contributed by atoms with E-state index in [4.69, 9.17) is 13.3 Å². The molecule has 13 aromatic rings. The molecule has 65 heavy (non-hydrogen) atoms. The Balaban J connectivity index is 1.12. The van der Waals surface area contributed by atoms with Crippen LogP contribution in [-0.2, 0) is 0 Å². The van der Waals surface area contributed by atoms with Crippen molar-refractivity contribution in [2.45, 2.75) is 27.7 Å². The minimum absolute atomic E-state index is 0.805. The first-order valence-corrected chi connectivity index (χ1v) is 22.3. The van der Waals surface area contributed by atoms with Gasteiger partial charge in [0, 0.05) is 66.6 Å². The molecule has 0 radical (unpaired) electrons. The van der Waals surface area contributed by atoms with Gasteiger partial charge in [-0.1, -0.05) is 146 Å². The van der Waals surface area contributed by atoms with Gasteiger partial charge in [-0.05, 0) is 85.0 Å². The first-order valence-electron chi connectivity index (χ1n) is 22.3. The molecule has 13 rings (SSSR count). The van der Waals surface area contributed by atoms with E-state index in [0.717, 1.165) is 144 Å². The highest BCUT2D eigenvalue weighted by molar-refractivity contribution is 6.30. The standard InChI is InChI=1S/C60H42N2O3/c1-35-17-5-11-29-47(35)61(49-31-15-27-45-43-25-13-19-37(3)57(43)64-59(45)49)51-33-53-55(41-23-9-7-21-39(41)51)56-42-24-10-8-22-40(42)52(34-54(56)63-53)62(48-30-12-6-18-36(48)2)50-32-16-28-46-44-26-14-20-38(4)58(44)65-60(46)50/h5-34H,1-4H3. The molecule has 3 aromatic heterocycles. The smallest absolute Gasteiger partial charge is 0.159 e. The monoisotopic (exact) mass is 838 g/mol. The summed E-state index contributed by atoms with van der Waals surface area (Å²) in [4.78, 5) is 4.73. The highest BCUT2D eigenvalue weighted by atomic mass is 16.3. The molecule has 0 bridgehead atoms. The van der Waals surface area contributed by atoms with Gasteiger partial charge in [0.15, 0.2) is 11.2 Å². The van der Waals surface area contributed by atoms with Crippen LogP contribution in [0, 0.1) is 27.7 Å². The molecule has 0 N–H and O–H groups in total. The maximum atomic E-state index is 7.26. The lowest BCUT2D eigenvalue weighted by molar-refractivity contribution is 0.665. The van der Waals surface area contributed by atoms with Crippen LogP contribution in [0.1, 0.15) is 22.3 Å². The van der Waals surface area contributed by atoms with Crippen molar-refractivity contribution in [1.82, 2.24) is 0 Å². The number of rotatable bonds is 6. The topological polar surface area (TPSA) is 45.9 Å². The SMILES string of the molecule is Cc1ccccc1N(c1cc2oc3cc(N(c4ccccc4C)c4cccc5c4oc4c(C)cccc45)c4ccccc4c3c2c2ccccc12)c1cccc2c1oc1c(C)cccc12. The fourth-order valence-electron chi connectivity index (χ4n) is 10.5. The van der Waals surface area contributed by atoms with Crippen molar-refractivity contribution in [2.24, 2.45) is 0 Å². The highest BCUT2D eigenvalue weighted by Gasteiger charge is 2.28. The third-order valence-corrected chi connectivity index (χ3v) is 13.5. The Morgan fingerprint density at radius 1 is 0.262 bits per heavy atom. The number of nitrogens with zero attached hydrogens (tertiary/aromatic N) is 2. The number of fused-ring (bicyclic) bond motifs is 13. The van der Waals surface area contributed by atoms with Gasteiger partial charge in [0.25, 0.3) is 0 Å². The summed E-state index contributed by atoms with van der Waals surface area (Å²) < 4.78 is 21.0. The summed E-state index contributed by atoms with van der Waals surface area (Å²) in [5.41, 5.74) is 15.7. The lowest BCUT2D eigenvalue weighted by atomic mass is 9.96. The summed E-state index contributed by atoms with van der Waals surface area (Å²) in [6, 6.07) is 64.9. The Kier molecular flexibility index (Phi) is 8.10. The molecular formula is C60H42N2O3. The molecule has 0 aliphatic carbocycles. The molecular weight excluding hydrogens is 797 g/mol. The average Bonchev–Trinajstić information content (AvgIpc) is 4.04. The van der Waals surface area contributed by atoms with E-state index in [1.807, 2.05) is 0 Å². The van der Waals surface area contributed by atoms with Crippen molar-refractivity contribution in [3.8, 4) is 0 Å². The Morgan fingerprint density at radius 3 is 1.02 bits per heavy atom. The average molecular weight is 839 g/mol. The third kappa shape index (κ3) is 5.45. The van der Waals surface area contributed by atoms with E-state index in [-0.39, 0.29) is 0 Å². The fourth-order valence-corrected chi connectivity index (χ4v) is 10.5. The zero-order valence-electron chi connectivity index (χ0n) is 36.4. The van der Waals surface area contributed by atoms with Crippen LogP contribution in [-0.4, -0.2) is 0 Å². The number of aryl methyl sites for hydroxylation is 4. The summed E-state index contributed by atoms with van der Waals surface area (Å²) >= 11 is 0. The molecule has 310 valence electrons. The van der Waals surface area contributed by atoms with Gasteiger partial charge in [0.2, 0.25) is 0 Å². The Bertz CT molecular complexity index is 3830. The lowest BCUT2D eigenvalue weighted by Crippen LogP contribution is -2.12. The van der Waals surface area contributed by atoms with Crippen LogP contribution in [0.5, 0.6) is 0 Å². The minimum Gasteiger partial charge on any atom is -0.456 e. The van der Waals surface area contributed by atoms with E-state index in [0.29, 0.717) is 0 Å². The van der Waals surface area contributed by atoms with Crippen molar-refractivity contribution < 1.29 is 13.3 Å². The van der Waals surface area contributed by atoms with E-state index in [1.165, 1.54) is 0 Å². The van der Waals surface area contributed by atoms with Crippen LogP contribution in [0.3, 0.4) is 0 Å². The second-order valence-corrected chi connectivity index (χ2v) is 17.4.